The molecule has 1 fully saturated rings. The van der Waals surface area contributed by atoms with Crippen LogP contribution in [-0.2, 0) is 0 Å². The lowest BCUT2D eigenvalue weighted by Crippen LogP contribution is -2.19. The smallest absolute Gasteiger partial charge is 0.0479 e. The Morgan fingerprint density at radius 1 is 1.40 bits per heavy atom. The molecule has 2 atom stereocenters. The summed E-state index contributed by atoms with van der Waals surface area (Å²) >= 11 is 2.54. The van der Waals surface area contributed by atoms with Crippen molar-refractivity contribution in [1.82, 2.24) is 0 Å². The molecule has 1 heterocycles. The molecule has 0 N–H and O–H groups in total. The summed E-state index contributed by atoms with van der Waals surface area (Å²) in [4.78, 5) is 0. The Morgan fingerprint density at radius 2 is 2.00 bits per heavy atom. The number of hydrogen-bond donors (Lipinski definition) is 0. The average molecular weight is 268 g/mol. The van der Waals surface area contributed by atoms with Crippen molar-refractivity contribution in [2.45, 2.75) is 32.1 Å². The minimum absolute atomic E-state index is 0.692. The molecule has 1 rings (SSSR count). The maximum Gasteiger partial charge on any atom is 0.0479 e. The molecule has 0 aromatic rings. The molecule has 0 bridgehead atoms. The number of hydrogen-bond acceptors (Lipinski definition) is 0. The van der Waals surface area contributed by atoms with Gasteiger partial charge < -0.3 is 0 Å². The van der Waals surface area contributed by atoms with Crippen LogP contribution in [0, 0.1) is 11.8 Å². The Balaban J connectivity index is 2.52. The van der Waals surface area contributed by atoms with Gasteiger partial charge in [0.25, 0.3) is 0 Å². The first-order valence-corrected chi connectivity index (χ1v) is 9.05. The number of rotatable bonds is 1. The van der Waals surface area contributed by atoms with Gasteiger partial charge in [0.1, 0.15) is 0 Å². The van der Waals surface area contributed by atoms with Crippen molar-refractivity contribution in [1.29, 1.82) is 0 Å². The minimum atomic E-state index is -0.692. The quantitative estimate of drug-likeness (QED) is 0.388. The second-order valence-corrected chi connectivity index (χ2v) is 10.5. The zero-order chi connectivity index (χ0) is 7.78. The third-order valence-corrected chi connectivity index (χ3v) is 7.20. The van der Waals surface area contributed by atoms with Crippen LogP contribution in [0.15, 0.2) is 0 Å². The summed E-state index contributed by atoms with van der Waals surface area (Å²) in [5, 5.41) is 0. The second kappa shape index (κ2) is 3.13. The van der Waals surface area contributed by atoms with Gasteiger partial charge in [-0.3, -0.25) is 0 Å². The van der Waals surface area contributed by atoms with Gasteiger partial charge >= 0.3 is 0 Å². The third kappa shape index (κ3) is 1.97. The minimum Gasteiger partial charge on any atom is -0.0861 e. The Morgan fingerprint density at radius 3 is 2.20 bits per heavy atom. The maximum atomic E-state index is 2.54. The summed E-state index contributed by atoms with van der Waals surface area (Å²) in [6, 6.07) is 3.15. The van der Waals surface area contributed by atoms with Crippen molar-refractivity contribution in [2.75, 3.05) is 4.43 Å². The van der Waals surface area contributed by atoms with Gasteiger partial charge in [-0.1, -0.05) is 54.7 Å². The number of halogens is 1. The first-order chi connectivity index (χ1) is 4.55. The van der Waals surface area contributed by atoms with Crippen LogP contribution in [0.1, 0.15) is 6.92 Å². The summed E-state index contributed by atoms with van der Waals surface area (Å²) in [6.07, 6.45) is 0. The highest BCUT2D eigenvalue weighted by Crippen LogP contribution is 2.40. The topological polar surface area (TPSA) is 0 Å². The van der Waals surface area contributed by atoms with Gasteiger partial charge in [-0.2, -0.15) is 0 Å². The molecule has 0 aromatic heterocycles. The summed E-state index contributed by atoms with van der Waals surface area (Å²) in [5.74, 6) is 2.08. The molecule has 0 radical (unpaired) electrons. The highest BCUT2D eigenvalue weighted by atomic mass is 127. The van der Waals surface area contributed by atoms with Gasteiger partial charge in [0, 0.05) is 12.5 Å². The van der Waals surface area contributed by atoms with E-state index >= 15 is 0 Å². The zero-order valence-electron chi connectivity index (χ0n) is 7.15. The van der Waals surface area contributed by atoms with Crippen molar-refractivity contribution in [2.24, 2.45) is 11.8 Å². The zero-order valence-corrected chi connectivity index (χ0v) is 10.3. The maximum absolute atomic E-state index is 2.54. The van der Waals surface area contributed by atoms with E-state index in [1.807, 2.05) is 0 Å². The molecule has 0 saturated carbocycles. The van der Waals surface area contributed by atoms with Crippen LogP contribution in [0.3, 0.4) is 0 Å². The van der Waals surface area contributed by atoms with Crippen molar-refractivity contribution in [3.63, 3.8) is 0 Å². The Labute approximate surface area is 78.9 Å². The molecule has 0 aliphatic carbocycles. The first kappa shape index (κ1) is 9.04. The Hall–Kier alpha value is 0.947. The fourth-order valence-corrected chi connectivity index (χ4v) is 8.22. The van der Waals surface area contributed by atoms with Crippen LogP contribution in [0.25, 0.3) is 0 Å². The predicted molar refractivity (Wildman–Crippen MR) is 58.6 cm³/mol. The van der Waals surface area contributed by atoms with Crippen LogP contribution < -0.4 is 0 Å². The first-order valence-electron chi connectivity index (χ1n) is 4.11. The van der Waals surface area contributed by atoms with Gasteiger partial charge in [-0.15, -0.1) is 0 Å². The van der Waals surface area contributed by atoms with Gasteiger partial charge in [0.2, 0.25) is 0 Å². The molecule has 2 heteroatoms. The largest absolute Gasteiger partial charge is 0.0861 e. The van der Waals surface area contributed by atoms with E-state index in [1.165, 1.54) is 4.43 Å². The SMILES string of the molecule is C[C@H]1C[Si](C)(C)C[C@@H]1CI. The summed E-state index contributed by atoms with van der Waals surface area (Å²) < 4.78 is 1.38. The Bertz CT molecular complexity index is 122. The standard InChI is InChI=1S/C8H17ISi/c1-7-5-10(2,3)6-8(7)4-9/h7-8H,4-6H2,1-3H3/t7-,8-/m0/s1. The van der Waals surface area contributed by atoms with E-state index in [2.05, 4.69) is 42.6 Å². The van der Waals surface area contributed by atoms with E-state index in [-0.39, 0.29) is 0 Å². The van der Waals surface area contributed by atoms with E-state index in [4.69, 9.17) is 0 Å². The predicted octanol–water partition coefficient (Wildman–Crippen LogP) is 3.40. The van der Waals surface area contributed by atoms with Gasteiger partial charge in [0.05, 0.1) is 0 Å². The van der Waals surface area contributed by atoms with Crippen LogP contribution >= 0.6 is 22.6 Å². The van der Waals surface area contributed by atoms with Crippen molar-refractivity contribution >= 4 is 30.7 Å². The molecule has 0 aromatic carbocycles. The normalized spacial score (nSPS) is 38.4. The van der Waals surface area contributed by atoms with Crippen LogP contribution in [0.4, 0.5) is 0 Å². The lowest BCUT2D eigenvalue weighted by molar-refractivity contribution is 0.499. The van der Waals surface area contributed by atoms with Gasteiger partial charge in [-0.25, -0.2) is 0 Å². The van der Waals surface area contributed by atoms with E-state index in [9.17, 15) is 0 Å². The van der Waals surface area contributed by atoms with Gasteiger partial charge in [-0.05, 0) is 11.8 Å². The van der Waals surface area contributed by atoms with Crippen LogP contribution in [0.5, 0.6) is 0 Å². The van der Waals surface area contributed by atoms with Crippen LogP contribution in [0.2, 0.25) is 25.2 Å². The molecule has 60 valence electrons. The molecular formula is C8H17ISi. The van der Waals surface area contributed by atoms with Crippen molar-refractivity contribution in [3.05, 3.63) is 0 Å². The average Bonchev–Trinajstić information content (AvgIpc) is 2.05. The fourth-order valence-electron chi connectivity index (χ4n) is 2.24. The van der Waals surface area contributed by atoms with E-state index in [0.29, 0.717) is 0 Å². The fraction of sp³-hybridized carbons (Fsp3) is 1.00. The van der Waals surface area contributed by atoms with E-state index in [1.54, 1.807) is 12.1 Å². The lowest BCUT2D eigenvalue weighted by Gasteiger charge is -2.12. The second-order valence-electron chi connectivity index (χ2n) is 4.46. The van der Waals surface area contributed by atoms with Gasteiger partial charge in [0.15, 0.2) is 0 Å². The summed E-state index contributed by atoms with van der Waals surface area (Å²) in [6.45, 7) is 7.51. The molecule has 0 amide bonds. The molecule has 0 spiro atoms. The molecule has 1 aliphatic heterocycles. The molecular weight excluding hydrogens is 251 g/mol. The van der Waals surface area contributed by atoms with Crippen molar-refractivity contribution in [3.8, 4) is 0 Å². The molecule has 0 nitrogen and oxygen atoms in total. The highest BCUT2D eigenvalue weighted by Gasteiger charge is 2.37. The van der Waals surface area contributed by atoms with Crippen molar-refractivity contribution < 1.29 is 0 Å². The van der Waals surface area contributed by atoms with Crippen LogP contribution in [-0.4, -0.2) is 12.5 Å². The molecule has 1 aliphatic rings. The lowest BCUT2D eigenvalue weighted by atomic mass is 10.0. The summed E-state index contributed by atoms with van der Waals surface area (Å²) in [5.41, 5.74) is 0. The summed E-state index contributed by atoms with van der Waals surface area (Å²) in [7, 11) is -0.692. The monoisotopic (exact) mass is 268 g/mol. The molecule has 1 saturated heterocycles. The molecule has 0 unspecified atom stereocenters. The van der Waals surface area contributed by atoms with E-state index < -0.39 is 8.07 Å². The Kier molecular flexibility index (Phi) is 2.83. The highest BCUT2D eigenvalue weighted by molar-refractivity contribution is 14.1. The number of alkyl halides is 1. The molecule has 10 heavy (non-hydrogen) atoms. The third-order valence-electron chi connectivity index (χ3n) is 2.69. The van der Waals surface area contributed by atoms with E-state index in [0.717, 1.165) is 11.8 Å².